The summed E-state index contributed by atoms with van der Waals surface area (Å²) in [4.78, 5) is 1.08. The summed E-state index contributed by atoms with van der Waals surface area (Å²) in [6, 6.07) is 12.7. The maximum absolute atomic E-state index is 13.3. The average molecular weight is 1110 g/mol. The van der Waals surface area contributed by atoms with Crippen LogP contribution in [0.2, 0.25) is 0 Å². The SMILES string of the molecule is CC.CC.CC.CC.CC.CC.CS(=O)(=O)c1oc2sccc2c1F.Cc1cc2c(C)coc2o1.Cc1oc2occc2c1C.Fc1oc2sccc2c1F.N#Cc1oc2sccc2c1F.c1cc2ccoc2o1. The molecule has 12 aromatic heterocycles. The highest BCUT2D eigenvalue weighted by Crippen LogP contribution is 2.32. The van der Waals surface area contributed by atoms with E-state index in [9.17, 15) is 26.0 Å². The third kappa shape index (κ3) is 16.9. The standard InChI is InChI=1S/2C8H8O2.C7H2FNOS.C7H5FO3S2.C6H2F2OS.C6H4O2.6C2H6/c1-5-4-9-8-7(5)3-6(2)10-8;1-5-6(2)10-8-7(5)3-4-9-8;8-6-4-1-2-11-7(4)10-5(6)3-9;1-13(9,10)7-5(8)4-2-3-12-6(4)11-7;7-4-3-1-2-10-6(3)9-5(4)8;1-3-7-6-5(1)2-4-8-6;6*1-2/h2*3-4H,1-2H3;1-2H;2-3H,1H3;1-2H;1-4H;6*1-2H3. The molecule has 0 amide bonds. The molecule has 0 saturated heterocycles. The molecule has 0 aliphatic rings. The molecule has 0 unspecified atom stereocenters. The Morgan fingerprint density at radius 1 is 0.514 bits per heavy atom. The number of fused-ring (bicyclic) bond motifs is 6. The molecule has 0 aromatic carbocycles. The lowest BCUT2D eigenvalue weighted by Gasteiger charge is -1.89. The minimum absolute atomic E-state index is 0.225. The minimum atomic E-state index is -3.60. The molecule has 12 heterocycles. The lowest BCUT2D eigenvalue weighted by atomic mass is 10.2. The highest BCUT2D eigenvalue weighted by atomic mass is 32.2. The maximum atomic E-state index is 13.3. The van der Waals surface area contributed by atoms with Crippen LogP contribution in [0.1, 0.15) is 111 Å². The van der Waals surface area contributed by atoms with E-state index in [1.807, 2.05) is 135 Å². The zero-order chi connectivity index (χ0) is 56.3. The van der Waals surface area contributed by atoms with Gasteiger partial charge in [-0.25, -0.2) is 17.2 Å². The van der Waals surface area contributed by atoms with Crippen LogP contribution in [-0.2, 0) is 9.84 Å². The predicted octanol–water partition coefficient (Wildman–Crippen LogP) is 20.8. The highest BCUT2D eigenvalue weighted by molar-refractivity contribution is 7.90. The van der Waals surface area contributed by atoms with Crippen molar-refractivity contribution in [3.05, 3.63) is 136 Å². The van der Waals surface area contributed by atoms with Crippen LogP contribution in [0.4, 0.5) is 17.6 Å². The van der Waals surface area contributed by atoms with Crippen molar-refractivity contribution in [3.63, 3.8) is 0 Å². The van der Waals surface area contributed by atoms with Gasteiger partial charge in [0, 0.05) is 11.8 Å². The largest absolute Gasteiger partial charge is 0.434 e. The minimum Gasteiger partial charge on any atom is -0.434 e. The summed E-state index contributed by atoms with van der Waals surface area (Å²) in [7, 11) is -3.60. The second kappa shape index (κ2) is 33.2. The van der Waals surface area contributed by atoms with Crippen molar-refractivity contribution in [1.82, 2.24) is 0 Å². The Labute approximate surface area is 440 Å². The van der Waals surface area contributed by atoms with Crippen LogP contribution in [-0.4, -0.2) is 14.7 Å². The topological polar surface area (TPSA) is 176 Å². The molecule has 12 nitrogen and oxygen atoms in total. The molecule has 0 N–H and O–H groups in total. The smallest absolute Gasteiger partial charge is 0.316 e. The molecule has 12 rings (SSSR count). The summed E-state index contributed by atoms with van der Waals surface area (Å²) in [5.41, 5.74) is 2.30. The Bertz CT molecular complexity index is 3430. The number of nitrogens with zero attached hydrogens (tertiary/aromatic N) is 1. The number of hydrogen-bond donors (Lipinski definition) is 0. The average Bonchev–Trinajstić information content (AvgIpc) is 4.25. The first kappa shape index (κ1) is 65.4. The van der Waals surface area contributed by atoms with Gasteiger partial charge in [0.25, 0.3) is 22.4 Å². The second-order valence-electron chi connectivity index (χ2n) is 12.9. The maximum Gasteiger partial charge on any atom is 0.316 e. The summed E-state index contributed by atoms with van der Waals surface area (Å²) in [5, 5.41) is 16.8. The Hall–Kier alpha value is -6.66. The first-order chi connectivity index (χ1) is 35.6. The quantitative estimate of drug-likeness (QED) is 0.142. The van der Waals surface area contributed by atoms with E-state index in [1.54, 1.807) is 53.3 Å². The molecule has 12 aromatic rings. The van der Waals surface area contributed by atoms with Crippen LogP contribution >= 0.6 is 34.0 Å². The molecule has 0 aliphatic carbocycles. The lowest BCUT2D eigenvalue weighted by Crippen LogP contribution is -1.96. The molecule has 0 saturated carbocycles. The summed E-state index contributed by atoms with van der Waals surface area (Å²) >= 11 is 3.62. The number of hydrogen-bond acceptors (Lipinski definition) is 15. The summed E-state index contributed by atoms with van der Waals surface area (Å²) in [6.07, 6.45) is 7.47. The predicted molar refractivity (Wildman–Crippen MR) is 292 cm³/mol. The first-order valence-corrected chi connectivity index (χ1v) is 28.2. The van der Waals surface area contributed by atoms with Crippen LogP contribution in [0, 0.1) is 62.5 Å². The van der Waals surface area contributed by atoms with Gasteiger partial charge in [0.05, 0.1) is 57.4 Å². The first-order valence-electron chi connectivity index (χ1n) is 23.6. The highest BCUT2D eigenvalue weighted by Gasteiger charge is 2.23. The molecule has 404 valence electrons. The molecule has 0 bridgehead atoms. The fraction of sp³-hybridized carbons (Fsp3) is 0.315. The van der Waals surface area contributed by atoms with Crippen molar-refractivity contribution in [2.75, 3.05) is 6.26 Å². The van der Waals surface area contributed by atoms with Crippen LogP contribution in [0.15, 0.2) is 129 Å². The third-order valence-electron chi connectivity index (χ3n) is 8.63. The van der Waals surface area contributed by atoms with Crippen LogP contribution in [0.3, 0.4) is 0 Å². The van der Waals surface area contributed by atoms with Crippen LogP contribution in [0.5, 0.6) is 0 Å². The Morgan fingerprint density at radius 2 is 0.973 bits per heavy atom. The number of nitriles is 1. The molecule has 20 heteroatoms. The molecule has 0 radical (unpaired) electrons. The van der Waals surface area contributed by atoms with E-state index < -0.39 is 38.4 Å². The van der Waals surface area contributed by atoms with Crippen molar-refractivity contribution < 1.29 is 65.7 Å². The number of sulfone groups is 1. The Morgan fingerprint density at radius 3 is 1.42 bits per heavy atom. The monoisotopic (exact) mass is 1110 g/mol. The molecular formula is C54H65F4NO11S4. The number of thiophene rings is 3. The number of halogens is 4. The number of furan rings is 9. The van der Waals surface area contributed by atoms with Gasteiger partial charge >= 0.3 is 6.01 Å². The Kier molecular flexibility index (Phi) is 29.3. The van der Waals surface area contributed by atoms with E-state index in [0.29, 0.717) is 37.4 Å². The fourth-order valence-corrected chi connectivity index (χ4v) is 8.41. The van der Waals surface area contributed by atoms with Gasteiger partial charge in [-0.2, -0.15) is 14.0 Å². The van der Waals surface area contributed by atoms with Gasteiger partial charge < -0.3 is 39.8 Å². The van der Waals surface area contributed by atoms with E-state index in [1.165, 1.54) is 51.7 Å². The van der Waals surface area contributed by atoms with Gasteiger partial charge in [-0.1, -0.05) is 83.1 Å². The summed E-state index contributed by atoms with van der Waals surface area (Å²) < 4.78 is 118. The lowest BCUT2D eigenvalue weighted by molar-refractivity contribution is 0.345. The van der Waals surface area contributed by atoms with Gasteiger partial charge in [-0.3, -0.25) is 0 Å². The van der Waals surface area contributed by atoms with E-state index in [0.717, 1.165) is 39.5 Å². The zero-order valence-corrected chi connectivity index (χ0v) is 47.9. The van der Waals surface area contributed by atoms with E-state index in [-0.39, 0.29) is 16.5 Å². The fourth-order valence-electron chi connectivity index (χ4n) is 5.46. The van der Waals surface area contributed by atoms with Crippen molar-refractivity contribution in [2.45, 2.75) is 116 Å². The van der Waals surface area contributed by atoms with Gasteiger partial charge in [0.15, 0.2) is 26.3 Å². The van der Waals surface area contributed by atoms with E-state index in [4.69, 9.17) is 40.6 Å². The Balaban J connectivity index is 0.000000427. The molecule has 0 aliphatic heterocycles. The molecule has 74 heavy (non-hydrogen) atoms. The molecule has 0 spiro atoms. The van der Waals surface area contributed by atoms with Crippen molar-refractivity contribution in [1.29, 1.82) is 5.26 Å². The summed E-state index contributed by atoms with van der Waals surface area (Å²) in [5.74, 6) is 1.24. The van der Waals surface area contributed by atoms with Gasteiger partial charge in [0.1, 0.15) is 17.6 Å². The van der Waals surface area contributed by atoms with Crippen LogP contribution in [0.25, 0.3) is 64.3 Å². The van der Waals surface area contributed by atoms with Gasteiger partial charge in [-0.05, 0) is 91.9 Å². The van der Waals surface area contributed by atoms with Crippen molar-refractivity contribution >= 4 is 108 Å². The number of aryl methyl sites for hydroxylation is 4. The van der Waals surface area contributed by atoms with E-state index >= 15 is 0 Å². The van der Waals surface area contributed by atoms with Crippen LogP contribution < -0.4 is 0 Å². The second-order valence-corrected chi connectivity index (χ2v) is 17.4. The van der Waals surface area contributed by atoms with Gasteiger partial charge in [-0.15, -0.1) is 34.0 Å². The zero-order valence-electron chi connectivity index (χ0n) is 44.7. The number of rotatable bonds is 1. The normalized spacial score (nSPS) is 9.78. The molecule has 0 atom stereocenters. The summed E-state index contributed by atoms with van der Waals surface area (Å²) in [6.45, 7) is 31.9. The van der Waals surface area contributed by atoms with Crippen molar-refractivity contribution in [2.24, 2.45) is 0 Å². The van der Waals surface area contributed by atoms with E-state index in [2.05, 4.69) is 4.42 Å². The molecule has 0 fully saturated rings. The third-order valence-corrected chi connectivity index (χ3v) is 11.9. The van der Waals surface area contributed by atoms with Gasteiger partial charge in [0.2, 0.25) is 21.4 Å². The molecular weight excluding hydrogens is 1040 g/mol. The van der Waals surface area contributed by atoms with Crippen molar-refractivity contribution in [3.8, 4) is 6.07 Å².